The molecule has 2 rings (SSSR count). The fourth-order valence-electron chi connectivity index (χ4n) is 2.35. The first kappa shape index (κ1) is 12.4. The van der Waals surface area contributed by atoms with E-state index in [2.05, 4.69) is 9.88 Å². The minimum absolute atomic E-state index is 0.0148. The lowest BCUT2D eigenvalue weighted by molar-refractivity contribution is 0.403. The molecule has 0 aromatic carbocycles. The van der Waals surface area contributed by atoms with Crippen LogP contribution in [-0.4, -0.2) is 28.5 Å². The number of piperidine rings is 1. The maximum absolute atomic E-state index is 12.0. The maximum atomic E-state index is 12.0. The molecule has 0 N–H and O–H groups in total. The van der Waals surface area contributed by atoms with Crippen LogP contribution in [0.1, 0.15) is 19.3 Å². The molecule has 1 saturated heterocycles. The fraction of sp³-hybridized carbons (Fsp3) is 0.667. The molecule has 1 aromatic rings. The minimum Gasteiger partial charge on any atom is -0.352 e. The standard InChI is InChI=1S/C12H18ClN3O/c1-15-8-6-14-11(12(15)17)16-7-2-3-10(9-16)4-5-13/h6,8,10H,2-5,7,9H2,1H3. The zero-order valence-corrected chi connectivity index (χ0v) is 10.9. The van der Waals surface area contributed by atoms with E-state index in [0.717, 1.165) is 25.9 Å². The van der Waals surface area contributed by atoms with Gasteiger partial charge in [-0.2, -0.15) is 0 Å². The van der Waals surface area contributed by atoms with Gasteiger partial charge in [0.1, 0.15) is 0 Å². The largest absolute Gasteiger partial charge is 0.352 e. The normalized spacial score (nSPS) is 20.6. The van der Waals surface area contributed by atoms with Gasteiger partial charge in [-0.15, -0.1) is 11.6 Å². The topological polar surface area (TPSA) is 38.1 Å². The molecule has 2 heterocycles. The molecule has 1 atom stereocenters. The summed E-state index contributed by atoms with van der Waals surface area (Å²) in [7, 11) is 1.76. The molecule has 0 spiro atoms. The van der Waals surface area contributed by atoms with Gasteiger partial charge in [-0.05, 0) is 25.2 Å². The van der Waals surface area contributed by atoms with E-state index >= 15 is 0 Å². The van der Waals surface area contributed by atoms with Crippen molar-refractivity contribution in [3.63, 3.8) is 0 Å². The van der Waals surface area contributed by atoms with Crippen LogP contribution in [-0.2, 0) is 7.05 Å². The number of alkyl halides is 1. The molecule has 1 aliphatic rings. The van der Waals surface area contributed by atoms with Gasteiger partial charge in [-0.1, -0.05) is 0 Å². The van der Waals surface area contributed by atoms with E-state index in [1.165, 1.54) is 6.42 Å². The van der Waals surface area contributed by atoms with Crippen LogP contribution in [0.4, 0.5) is 5.82 Å². The molecule has 1 fully saturated rings. The van der Waals surface area contributed by atoms with Crippen LogP contribution >= 0.6 is 11.6 Å². The number of hydrogen-bond donors (Lipinski definition) is 0. The van der Waals surface area contributed by atoms with E-state index in [9.17, 15) is 4.79 Å². The highest BCUT2D eigenvalue weighted by Crippen LogP contribution is 2.22. The van der Waals surface area contributed by atoms with E-state index in [1.54, 1.807) is 24.0 Å². The number of hydrogen-bond acceptors (Lipinski definition) is 3. The first-order chi connectivity index (χ1) is 8.22. The van der Waals surface area contributed by atoms with Crippen LogP contribution in [0.2, 0.25) is 0 Å². The Hall–Kier alpha value is -1.03. The molecule has 1 aliphatic heterocycles. The third kappa shape index (κ3) is 2.80. The van der Waals surface area contributed by atoms with Gasteiger partial charge < -0.3 is 9.47 Å². The molecule has 1 aromatic heterocycles. The van der Waals surface area contributed by atoms with Crippen LogP contribution in [0.15, 0.2) is 17.2 Å². The smallest absolute Gasteiger partial charge is 0.293 e. The Kier molecular flexibility index (Phi) is 4.05. The Labute approximate surface area is 106 Å². The average Bonchev–Trinajstić information content (AvgIpc) is 2.33. The summed E-state index contributed by atoms with van der Waals surface area (Å²) < 4.78 is 1.58. The van der Waals surface area contributed by atoms with Gasteiger partial charge in [-0.25, -0.2) is 4.98 Å². The predicted octanol–water partition coefficient (Wildman–Crippen LogP) is 1.63. The maximum Gasteiger partial charge on any atom is 0.293 e. The molecule has 1 unspecified atom stereocenters. The highest BCUT2D eigenvalue weighted by Gasteiger charge is 2.22. The van der Waals surface area contributed by atoms with Crippen molar-refractivity contribution in [3.05, 3.63) is 22.7 Å². The zero-order valence-electron chi connectivity index (χ0n) is 10.1. The van der Waals surface area contributed by atoms with Gasteiger partial charge in [-0.3, -0.25) is 4.79 Å². The van der Waals surface area contributed by atoms with Crippen LogP contribution in [0, 0.1) is 5.92 Å². The molecule has 0 saturated carbocycles. The molecule has 17 heavy (non-hydrogen) atoms. The molecule has 0 aliphatic carbocycles. The lowest BCUT2D eigenvalue weighted by Crippen LogP contribution is -2.40. The van der Waals surface area contributed by atoms with Crippen LogP contribution in [0.5, 0.6) is 0 Å². The number of halogens is 1. The summed E-state index contributed by atoms with van der Waals surface area (Å²) >= 11 is 5.79. The molecular weight excluding hydrogens is 238 g/mol. The summed E-state index contributed by atoms with van der Waals surface area (Å²) in [6.45, 7) is 1.82. The molecule has 94 valence electrons. The summed E-state index contributed by atoms with van der Waals surface area (Å²) in [5, 5.41) is 0. The number of aromatic nitrogens is 2. The minimum atomic E-state index is -0.0148. The molecular formula is C12H18ClN3O. The average molecular weight is 256 g/mol. The molecule has 5 heteroatoms. The lowest BCUT2D eigenvalue weighted by atomic mass is 9.96. The van der Waals surface area contributed by atoms with Crippen molar-refractivity contribution >= 4 is 17.4 Å². The van der Waals surface area contributed by atoms with Crippen molar-refractivity contribution in [1.82, 2.24) is 9.55 Å². The summed E-state index contributed by atoms with van der Waals surface area (Å²) in [5.41, 5.74) is -0.0148. The van der Waals surface area contributed by atoms with E-state index in [4.69, 9.17) is 11.6 Å². The highest BCUT2D eigenvalue weighted by molar-refractivity contribution is 6.17. The second-order valence-corrected chi connectivity index (χ2v) is 4.98. The van der Waals surface area contributed by atoms with Gasteiger partial charge in [0.2, 0.25) is 0 Å². The molecule has 0 bridgehead atoms. The lowest BCUT2D eigenvalue weighted by Gasteiger charge is -2.32. The quantitative estimate of drug-likeness (QED) is 0.771. The van der Waals surface area contributed by atoms with Gasteiger partial charge in [0.15, 0.2) is 5.82 Å². The number of nitrogens with zero attached hydrogens (tertiary/aromatic N) is 3. The third-order valence-electron chi connectivity index (χ3n) is 3.33. The Balaban J connectivity index is 2.16. The van der Waals surface area contributed by atoms with E-state index in [0.29, 0.717) is 17.6 Å². The second kappa shape index (κ2) is 5.54. The molecule has 0 radical (unpaired) electrons. The van der Waals surface area contributed by atoms with Crippen LogP contribution in [0.25, 0.3) is 0 Å². The molecule has 0 amide bonds. The zero-order chi connectivity index (χ0) is 12.3. The Morgan fingerprint density at radius 2 is 2.41 bits per heavy atom. The van der Waals surface area contributed by atoms with Gasteiger partial charge in [0.05, 0.1) is 0 Å². The van der Waals surface area contributed by atoms with Crippen molar-refractivity contribution in [2.24, 2.45) is 13.0 Å². The highest BCUT2D eigenvalue weighted by atomic mass is 35.5. The second-order valence-electron chi connectivity index (χ2n) is 4.60. The predicted molar refractivity (Wildman–Crippen MR) is 69.8 cm³/mol. The molecule has 4 nitrogen and oxygen atoms in total. The first-order valence-corrected chi connectivity index (χ1v) is 6.58. The summed E-state index contributed by atoms with van der Waals surface area (Å²) in [6, 6.07) is 0. The fourth-order valence-corrected chi connectivity index (χ4v) is 2.66. The third-order valence-corrected chi connectivity index (χ3v) is 3.55. The van der Waals surface area contributed by atoms with E-state index in [1.807, 2.05) is 0 Å². The number of aryl methyl sites for hydroxylation is 1. The van der Waals surface area contributed by atoms with E-state index < -0.39 is 0 Å². The summed E-state index contributed by atoms with van der Waals surface area (Å²) in [5.74, 6) is 1.86. The van der Waals surface area contributed by atoms with Gasteiger partial charge in [0.25, 0.3) is 5.56 Å². The van der Waals surface area contributed by atoms with Crippen molar-refractivity contribution in [3.8, 4) is 0 Å². The number of anilines is 1. The van der Waals surface area contributed by atoms with Gasteiger partial charge >= 0.3 is 0 Å². The SMILES string of the molecule is Cn1ccnc(N2CCCC(CCCl)C2)c1=O. The van der Waals surface area contributed by atoms with Gasteiger partial charge in [0, 0.05) is 38.4 Å². The van der Waals surface area contributed by atoms with Crippen molar-refractivity contribution in [2.75, 3.05) is 23.9 Å². The Morgan fingerprint density at radius 3 is 3.18 bits per heavy atom. The summed E-state index contributed by atoms with van der Waals surface area (Å²) in [4.78, 5) is 18.3. The summed E-state index contributed by atoms with van der Waals surface area (Å²) in [6.07, 6.45) is 6.71. The number of rotatable bonds is 3. The Morgan fingerprint density at radius 1 is 1.59 bits per heavy atom. The van der Waals surface area contributed by atoms with E-state index in [-0.39, 0.29) is 5.56 Å². The van der Waals surface area contributed by atoms with Crippen LogP contribution < -0.4 is 10.5 Å². The van der Waals surface area contributed by atoms with Crippen molar-refractivity contribution < 1.29 is 0 Å². The van der Waals surface area contributed by atoms with Crippen LogP contribution in [0.3, 0.4) is 0 Å². The monoisotopic (exact) mass is 255 g/mol. The van der Waals surface area contributed by atoms with Crippen molar-refractivity contribution in [2.45, 2.75) is 19.3 Å². The Bertz CT molecular complexity index is 430. The first-order valence-electron chi connectivity index (χ1n) is 6.05. The van der Waals surface area contributed by atoms with Crippen molar-refractivity contribution in [1.29, 1.82) is 0 Å².